The first-order valence-electron chi connectivity index (χ1n) is 11.7. The predicted octanol–water partition coefficient (Wildman–Crippen LogP) is 3.12. The van der Waals surface area contributed by atoms with E-state index in [9.17, 15) is 14.4 Å². The fourth-order valence-corrected chi connectivity index (χ4v) is 4.43. The van der Waals surface area contributed by atoms with Crippen LogP contribution in [-0.2, 0) is 20.9 Å². The van der Waals surface area contributed by atoms with E-state index >= 15 is 0 Å². The van der Waals surface area contributed by atoms with Gasteiger partial charge in [0, 0.05) is 25.7 Å². The Kier molecular flexibility index (Phi) is 7.47. The number of fused-ring (bicyclic) bond motifs is 2. The molecule has 0 aliphatic carbocycles. The van der Waals surface area contributed by atoms with E-state index in [4.69, 9.17) is 9.47 Å². The van der Waals surface area contributed by atoms with Crippen LogP contribution in [0, 0.1) is 0 Å². The number of carbonyl (C=O) groups is 3. The van der Waals surface area contributed by atoms with Crippen LogP contribution < -0.4 is 15.4 Å². The number of benzene rings is 2. The lowest BCUT2D eigenvalue weighted by atomic mass is 9.94. The molecule has 8 nitrogen and oxygen atoms in total. The molecule has 0 aromatic heterocycles. The lowest BCUT2D eigenvalue weighted by Gasteiger charge is -2.42. The largest absolute Gasteiger partial charge is 0.490 e. The summed E-state index contributed by atoms with van der Waals surface area (Å²) in [6.07, 6.45) is 1.46. The molecule has 34 heavy (non-hydrogen) atoms. The molecule has 2 aromatic carbocycles. The van der Waals surface area contributed by atoms with Gasteiger partial charge in [0.05, 0.1) is 24.1 Å². The first-order valence-corrected chi connectivity index (χ1v) is 11.7. The molecule has 2 N–H and O–H groups in total. The van der Waals surface area contributed by atoms with Crippen LogP contribution in [0.3, 0.4) is 0 Å². The Morgan fingerprint density at radius 1 is 1.09 bits per heavy atom. The van der Waals surface area contributed by atoms with Crippen molar-refractivity contribution in [1.82, 2.24) is 10.2 Å². The van der Waals surface area contributed by atoms with Gasteiger partial charge in [-0.15, -0.1) is 0 Å². The summed E-state index contributed by atoms with van der Waals surface area (Å²) in [5.41, 5.74) is 2.02. The lowest BCUT2D eigenvalue weighted by Crippen LogP contribution is -2.53. The van der Waals surface area contributed by atoms with Crippen molar-refractivity contribution in [2.45, 2.75) is 57.4 Å². The van der Waals surface area contributed by atoms with Gasteiger partial charge in [-0.05, 0) is 36.6 Å². The van der Waals surface area contributed by atoms with Crippen molar-refractivity contribution in [2.24, 2.45) is 0 Å². The van der Waals surface area contributed by atoms with Crippen LogP contribution in [0.15, 0.2) is 48.5 Å². The maximum Gasteiger partial charge on any atom is 0.257 e. The first kappa shape index (κ1) is 23.8. The van der Waals surface area contributed by atoms with Crippen LogP contribution in [-0.4, -0.2) is 54.5 Å². The Morgan fingerprint density at radius 3 is 2.65 bits per heavy atom. The van der Waals surface area contributed by atoms with Crippen LogP contribution in [0.25, 0.3) is 0 Å². The topological polar surface area (TPSA) is 97.0 Å². The summed E-state index contributed by atoms with van der Waals surface area (Å²) in [6.45, 7) is 2.53. The molecule has 1 fully saturated rings. The van der Waals surface area contributed by atoms with E-state index in [-0.39, 0.29) is 49.0 Å². The lowest BCUT2D eigenvalue weighted by molar-refractivity contribution is -0.134. The molecule has 3 amide bonds. The summed E-state index contributed by atoms with van der Waals surface area (Å²) in [7, 11) is 1.77. The SMILES string of the molecule is CCC(=O)Nc1ccc2c(c1)C(=O)N(C)[C@@H]1CC[C@@H](CC(=O)NCc3ccccc3)O[C@H]1CO2. The van der Waals surface area contributed by atoms with Gasteiger partial charge < -0.3 is 25.0 Å². The van der Waals surface area contributed by atoms with Gasteiger partial charge in [0.25, 0.3) is 5.91 Å². The first-order chi connectivity index (χ1) is 16.4. The third kappa shape index (κ3) is 5.56. The van der Waals surface area contributed by atoms with Gasteiger partial charge in [-0.1, -0.05) is 37.3 Å². The zero-order valence-corrected chi connectivity index (χ0v) is 19.6. The van der Waals surface area contributed by atoms with Gasteiger partial charge in [-0.3, -0.25) is 14.4 Å². The molecule has 0 saturated carbocycles. The summed E-state index contributed by atoms with van der Waals surface area (Å²) >= 11 is 0. The minimum Gasteiger partial charge on any atom is -0.490 e. The number of amides is 3. The van der Waals surface area contributed by atoms with Gasteiger partial charge in [0.1, 0.15) is 18.5 Å². The van der Waals surface area contributed by atoms with E-state index in [1.807, 2.05) is 30.3 Å². The van der Waals surface area contributed by atoms with Crippen molar-refractivity contribution in [1.29, 1.82) is 0 Å². The highest BCUT2D eigenvalue weighted by molar-refractivity contribution is 5.99. The van der Waals surface area contributed by atoms with Crippen molar-refractivity contribution in [2.75, 3.05) is 19.0 Å². The fraction of sp³-hybridized carbons (Fsp3) is 0.423. The molecule has 0 bridgehead atoms. The van der Waals surface area contributed by atoms with Gasteiger partial charge in [-0.25, -0.2) is 0 Å². The van der Waals surface area contributed by atoms with Crippen molar-refractivity contribution in [3.05, 3.63) is 59.7 Å². The highest BCUT2D eigenvalue weighted by atomic mass is 16.5. The number of anilines is 1. The van der Waals surface area contributed by atoms with Gasteiger partial charge >= 0.3 is 0 Å². The molecular formula is C26H31N3O5. The number of rotatable bonds is 6. The van der Waals surface area contributed by atoms with Gasteiger partial charge in [0.2, 0.25) is 11.8 Å². The Balaban J connectivity index is 1.39. The standard InChI is InChI=1S/C26H31N3O5/c1-3-24(30)28-18-9-12-22-20(13-18)26(32)29(2)21-11-10-19(34-23(21)16-33-22)14-25(31)27-15-17-7-5-4-6-8-17/h4-9,12-13,19,21,23H,3,10-11,14-16H2,1-2H3,(H,27,31)(H,28,30)/t19-,21+,23-/m0/s1. The Hall–Kier alpha value is -3.39. The molecule has 2 aliphatic rings. The monoisotopic (exact) mass is 465 g/mol. The molecule has 0 radical (unpaired) electrons. The molecule has 0 spiro atoms. The van der Waals surface area contributed by atoms with Crippen molar-refractivity contribution >= 4 is 23.4 Å². The summed E-state index contributed by atoms with van der Waals surface area (Å²) in [5, 5.41) is 5.73. The van der Waals surface area contributed by atoms with Crippen molar-refractivity contribution in [3.63, 3.8) is 0 Å². The molecule has 3 atom stereocenters. The van der Waals surface area contributed by atoms with E-state index in [1.165, 1.54) is 0 Å². The highest BCUT2D eigenvalue weighted by Crippen LogP contribution is 2.32. The third-order valence-electron chi connectivity index (χ3n) is 6.36. The molecule has 4 rings (SSSR count). The van der Waals surface area contributed by atoms with Crippen molar-refractivity contribution in [3.8, 4) is 5.75 Å². The minimum absolute atomic E-state index is 0.0597. The number of ether oxygens (including phenoxy) is 2. The average molecular weight is 466 g/mol. The van der Waals surface area contributed by atoms with Crippen LogP contribution in [0.1, 0.15) is 48.5 Å². The molecule has 2 heterocycles. The average Bonchev–Trinajstić information content (AvgIpc) is 2.86. The number of hydrogen-bond donors (Lipinski definition) is 2. The number of nitrogens with zero attached hydrogens (tertiary/aromatic N) is 1. The molecule has 0 unspecified atom stereocenters. The zero-order valence-electron chi connectivity index (χ0n) is 19.6. The number of hydrogen-bond acceptors (Lipinski definition) is 5. The fourth-order valence-electron chi connectivity index (χ4n) is 4.43. The van der Waals surface area contributed by atoms with E-state index < -0.39 is 0 Å². The summed E-state index contributed by atoms with van der Waals surface area (Å²) in [4.78, 5) is 39.1. The van der Waals surface area contributed by atoms with E-state index in [1.54, 1.807) is 37.1 Å². The quantitative estimate of drug-likeness (QED) is 0.683. The van der Waals surface area contributed by atoms with Gasteiger partial charge in [0.15, 0.2) is 0 Å². The van der Waals surface area contributed by atoms with Gasteiger partial charge in [-0.2, -0.15) is 0 Å². The highest BCUT2D eigenvalue weighted by Gasteiger charge is 2.39. The second-order valence-electron chi connectivity index (χ2n) is 8.75. The molecule has 8 heteroatoms. The maximum absolute atomic E-state index is 13.2. The third-order valence-corrected chi connectivity index (χ3v) is 6.36. The summed E-state index contributed by atoms with van der Waals surface area (Å²) in [6, 6.07) is 14.7. The predicted molar refractivity (Wildman–Crippen MR) is 128 cm³/mol. The van der Waals surface area contributed by atoms with Crippen LogP contribution in [0.5, 0.6) is 5.75 Å². The number of likely N-dealkylation sites (N-methyl/N-ethyl adjacent to an activating group) is 1. The zero-order chi connectivity index (χ0) is 24.1. The normalized spacial score (nSPS) is 21.9. The second kappa shape index (κ2) is 10.7. The van der Waals surface area contributed by atoms with E-state index in [0.29, 0.717) is 42.8 Å². The maximum atomic E-state index is 13.2. The van der Waals surface area contributed by atoms with E-state index in [0.717, 1.165) is 5.56 Å². The van der Waals surface area contributed by atoms with Crippen LogP contribution >= 0.6 is 0 Å². The molecule has 2 aromatic rings. The second-order valence-corrected chi connectivity index (χ2v) is 8.75. The van der Waals surface area contributed by atoms with Crippen LogP contribution in [0.4, 0.5) is 5.69 Å². The summed E-state index contributed by atoms with van der Waals surface area (Å²) < 4.78 is 12.2. The molecule has 2 aliphatic heterocycles. The van der Waals surface area contributed by atoms with E-state index in [2.05, 4.69) is 10.6 Å². The number of carbonyl (C=O) groups excluding carboxylic acids is 3. The Bertz CT molecular complexity index is 1040. The number of nitrogens with one attached hydrogen (secondary N) is 2. The molecule has 180 valence electrons. The van der Waals surface area contributed by atoms with Crippen molar-refractivity contribution < 1.29 is 23.9 Å². The smallest absolute Gasteiger partial charge is 0.257 e. The Morgan fingerprint density at radius 2 is 1.88 bits per heavy atom. The summed E-state index contributed by atoms with van der Waals surface area (Å²) in [5.74, 6) is 0.0960. The minimum atomic E-state index is -0.331. The van der Waals surface area contributed by atoms with Crippen LogP contribution in [0.2, 0.25) is 0 Å². The molecule has 1 saturated heterocycles. The molecular weight excluding hydrogens is 434 g/mol. The Labute approximate surface area is 199 Å².